The van der Waals surface area contributed by atoms with Gasteiger partial charge in [-0.2, -0.15) is 0 Å². The molecule has 0 fully saturated rings. The molecule has 0 radical (unpaired) electrons. The molecule has 0 spiro atoms. The average molecular weight is 362 g/mol. The highest BCUT2D eigenvalue weighted by Gasteiger charge is 2.28. The third-order valence-electron chi connectivity index (χ3n) is 3.94. The first-order valence-electron chi connectivity index (χ1n) is 7.87. The summed E-state index contributed by atoms with van der Waals surface area (Å²) in [5.41, 5.74) is 2.18. The predicted octanol–water partition coefficient (Wildman–Crippen LogP) is 4.76. The monoisotopic (exact) mass is 361 g/mol. The van der Waals surface area contributed by atoms with Crippen molar-refractivity contribution >= 4 is 28.4 Å². The van der Waals surface area contributed by atoms with Crippen LogP contribution in [-0.4, -0.2) is 30.1 Å². The van der Waals surface area contributed by atoms with Gasteiger partial charge in [-0.05, 0) is 17.7 Å². The molecule has 2 atom stereocenters. The summed E-state index contributed by atoms with van der Waals surface area (Å²) in [7, 11) is 1.64. The van der Waals surface area contributed by atoms with Crippen molar-refractivity contribution < 1.29 is 9.47 Å². The zero-order chi connectivity index (χ0) is 16.9. The van der Waals surface area contributed by atoms with Crippen LogP contribution in [0.4, 0.5) is 0 Å². The van der Waals surface area contributed by atoms with Gasteiger partial charge in [0.05, 0.1) is 18.2 Å². The van der Waals surface area contributed by atoms with Crippen LogP contribution in [0.1, 0.15) is 18.1 Å². The highest BCUT2D eigenvalue weighted by atomic mass is 35.5. The highest BCUT2D eigenvalue weighted by Crippen LogP contribution is 2.33. The van der Waals surface area contributed by atoms with Crippen molar-refractivity contribution in [1.82, 2.24) is 0 Å². The van der Waals surface area contributed by atoms with Gasteiger partial charge >= 0.3 is 0 Å². The molecule has 0 N–H and O–H groups in total. The molecule has 126 valence electrons. The predicted molar refractivity (Wildman–Crippen MR) is 102 cm³/mol. The van der Waals surface area contributed by atoms with E-state index in [0.29, 0.717) is 23.5 Å². The maximum Gasteiger partial charge on any atom is 0.161 e. The number of methoxy groups -OCH3 is 1. The first-order chi connectivity index (χ1) is 11.7. The molecule has 3 rings (SSSR count). The highest BCUT2D eigenvalue weighted by molar-refractivity contribution is 8.15. The van der Waals surface area contributed by atoms with Crippen LogP contribution in [0.25, 0.3) is 0 Å². The summed E-state index contributed by atoms with van der Waals surface area (Å²) >= 11 is 7.66. The molecular weight excluding hydrogens is 342 g/mol. The molecule has 2 aromatic carbocycles. The molecular formula is C19H20ClNO2S. The van der Waals surface area contributed by atoms with Crippen molar-refractivity contribution in [2.24, 2.45) is 4.99 Å². The number of hydrogen-bond acceptors (Lipinski definition) is 4. The zero-order valence-electron chi connectivity index (χ0n) is 13.7. The summed E-state index contributed by atoms with van der Waals surface area (Å²) in [5.74, 6) is 1.89. The molecule has 0 saturated heterocycles. The van der Waals surface area contributed by atoms with Gasteiger partial charge < -0.3 is 9.47 Å². The summed E-state index contributed by atoms with van der Waals surface area (Å²) in [5, 5.41) is 1.47. The summed E-state index contributed by atoms with van der Waals surface area (Å²) < 4.78 is 11.4. The third-order valence-corrected chi connectivity index (χ3v) is 5.49. The van der Waals surface area contributed by atoms with E-state index in [9.17, 15) is 0 Å². The molecule has 0 aliphatic carbocycles. The molecule has 2 aromatic rings. The SMILES string of the molecule is COc1cc(CCl)ccc1OCC1N=C(c2ccccc2)SC1C. The van der Waals surface area contributed by atoms with E-state index >= 15 is 0 Å². The van der Waals surface area contributed by atoms with Crippen molar-refractivity contribution in [3.05, 3.63) is 59.7 Å². The first-order valence-corrected chi connectivity index (χ1v) is 9.28. The lowest BCUT2D eigenvalue weighted by atomic mass is 10.2. The number of thioether (sulfide) groups is 1. The van der Waals surface area contributed by atoms with E-state index in [1.165, 1.54) is 5.56 Å². The van der Waals surface area contributed by atoms with Gasteiger partial charge in [0.25, 0.3) is 0 Å². The van der Waals surface area contributed by atoms with Crippen molar-refractivity contribution in [3.8, 4) is 11.5 Å². The second kappa shape index (κ2) is 7.95. The van der Waals surface area contributed by atoms with Crippen LogP contribution in [0.15, 0.2) is 53.5 Å². The summed E-state index contributed by atoms with van der Waals surface area (Å²) in [6, 6.07) is 16.2. The number of nitrogens with zero attached hydrogens (tertiary/aromatic N) is 1. The molecule has 5 heteroatoms. The van der Waals surface area contributed by atoms with E-state index in [0.717, 1.165) is 16.4 Å². The number of alkyl halides is 1. The molecule has 0 aromatic heterocycles. The van der Waals surface area contributed by atoms with E-state index in [1.54, 1.807) is 18.9 Å². The van der Waals surface area contributed by atoms with E-state index < -0.39 is 0 Å². The van der Waals surface area contributed by atoms with Crippen molar-refractivity contribution in [2.75, 3.05) is 13.7 Å². The third kappa shape index (κ3) is 3.87. The minimum absolute atomic E-state index is 0.127. The van der Waals surface area contributed by atoms with Gasteiger partial charge in [0.2, 0.25) is 0 Å². The number of rotatable bonds is 6. The standard InChI is InChI=1S/C19H20ClNO2S/c1-13-16(21-19(24-13)15-6-4-3-5-7-15)12-23-17-9-8-14(11-20)10-18(17)22-2/h3-10,13,16H,11-12H2,1-2H3. The van der Waals surface area contributed by atoms with Crippen LogP contribution in [0.2, 0.25) is 0 Å². The Bertz CT molecular complexity index is 721. The lowest BCUT2D eigenvalue weighted by Crippen LogP contribution is -2.22. The largest absolute Gasteiger partial charge is 0.493 e. The summed E-state index contributed by atoms with van der Waals surface area (Å²) in [4.78, 5) is 4.84. The fourth-order valence-corrected chi connectivity index (χ4v) is 3.81. The van der Waals surface area contributed by atoms with E-state index in [4.69, 9.17) is 26.1 Å². The zero-order valence-corrected chi connectivity index (χ0v) is 15.3. The molecule has 3 nitrogen and oxygen atoms in total. The van der Waals surface area contributed by atoms with Gasteiger partial charge in [-0.1, -0.05) is 43.3 Å². The Morgan fingerprint density at radius 2 is 1.92 bits per heavy atom. The van der Waals surface area contributed by atoms with Crippen LogP contribution in [0, 0.1) is 0 Å². The molecule has 24 heavy (non-hydrogen) atoms. The van der Waals surface area contributed by atoms with Gasteiger partial charge in [-0.15, -0.1) is 23.4 Å². The van der Waals surface area contributed by atoms with E-state index in [2.05, 4.69) is 19.1 Å². The van der Waals surface area contributed by atoms with Gasteiger partial charge in [-0.25, -0.2) is 0 Å². The molecule has 1 aliphatic rings. The fraction of sp³-hybridized carbons (Fsp3) is 0.316. The molecule has 1 aliphatic heterocycles. The minimum Gasteiger partial charge on any atom is -0.493 e. The smallest absolute Gasteiger partial charge is 0.161 e. The Hall–Kier alpha value is -1.65. The lowest BCUT2D eigenvalue weighted by Gasteiger charge is -2.16. The number of benzene rings is 2. The van der Waals surface area contributed by atoms with Crippen molar-refractivity contribution in [3.63, 3.8) is 0 Å². The molecule has 0 saturated carbocycles. The van der Waals surface area contributed by atoms with E-state index in [-0.39, 0.29) is 6.04 Å². The lowest BCUT2D eigenvalue weighted by molar-refractivity contribution is 0.273. The topological polar surface area (TPSA) is 30.8 Å². The average Bonchev–Trinajstić information content (AvgIpc) is 3.01. The quantitative estimate of drug-likeness (QED) is 0.695. The van der Waals surface area contributed by atoms with Crippen molar-refractivity contribution in [1.29, 1.82) is 0 Å². The van der Waals surface area contributed by atoms with Gasteiger partial charge in [0, 0.05) is 16.7 Å². The maximum absolute atomic E-state index is 5.98. The van der Waals surface area contributed by atoms with Crippen LogP contribution >= 0.6 is 23.4 Å². The Labute approximate surface area is 152 Å². The molecule has 0 bridgehead atoms. The van der Waals surface area contributed by atoms with Crippen LogP contribution < -0.4 is 9.47 Å². The molecule has 2 unspecified atom stereocenters. The Kier molecular flexibility index (Phi) is 5.69. The second-order valence-electron chi connectivity index (χ2n) is 5.62. The number of aliphatic imine (C=N–C) groups is 1. The summed E-state index contributed by atoms with van der Waals surface area (Å²) in [6.45, 7) is 2.72. The Morgan fingerprint density at radius 1 is 1.12 bits per heavy atom. The fourth-order valence-electron chi connectivity index (χ4n) is 2.53. The first kappa shape index (κ1) is 17.2. The Morgan fingerprint density at radius 3 is 2.62 bits per heavy atom. The van der Waals surface area contributed by atoms with Crippen LogP contribution in [-0.2, 0) is 5.88 Å². The molecule has 0 amide bonds. The normalized spacial score (nSPS) is 19.9. The second-order valence-corrected chi connectivity index (χ2v) is 7.25. The van der Waals surface area contributed by atoms with Crippen LogP contribution in [0.5, 0.6) is 11.5 Å². The number of ether oxygens (including phenoxy) is 2. The van der Waals surface area contributed by atoms with Gasteiger partial charge in [0.1, 0.15) is 6.61 Å². The van der Waals surface area contributed by atoms with Gasteiger partial charge in [-0.3, -0.25) is 4.99 Å². The minimum atomic E-state index is 0.127. The van der Waals surface area contributed by atoms with Crippen LogP contribution in [0.3, 0.4) is 0 Å². The number of hydrogen-bond donors (Lipinski definition) is 0. The summed E-state index contributed by atoms with van der Waals surface area (Å²) in [6.07, 6.45) is 0. The van der Waals surface area contributed by atoms with Gasteiger partial charge in [0.15, 0.2) is 11.5 Å². The number of halogens is 1. The van der Waals surface area contributed by atoms with E-state index in [1.807, 2.05) is 36.4 Å². The van der Waals surface area contributed by atoms with Crippen molar-refractivity contribution in [2.45, 2.75) is 24.1 Å². The maximum atomic E-state index is 5.98. The molecule has 1 heterocycles. The Balaban J connectivity index is 1.69.